The number of benzene rings is 1. The van der Waals surface area contributed by atoms with Crippen LogP contribution in [0, 0.1) is 5.92 Å². The number of hydrogen-bond donors (Lipinski definition) is 3. The molecule has 0 radical (unpaired) electrons. The van der Waals surface area contributed by atoms with Crippen LogP contribution in [0.4, 0.5) is 0 Å². The van der Waals surface area contributed by atoms with E-state index in [0.717, 1.165) is 43.6 Å². The van der Waals surface area contributed by atoms with Gasteiger partial charge in [0.25, 0.3) is 5.91 Å². The van der Waals surface area contributed by atoms with E-state index < -0.39 is 0 Å². The average molecular weight is 356 g/mol. The van der Waals surface area contributed by atoms with Crippen molar-refractivity contribution in [3.8, 4) is 11.1 Å². The van der Waals surface area contributed by atoms with Crippen molar-refractivity contribution in [1.82, 2.24) is 20.2 Å². The molecule has 1 fully saturated rings. The van der Waals surface area contributed by atoms with E-state index in [-0.39, 0.29) is 18.2 Å². The summed E-state index contributed by atoms with van der Waals surface area (Å²) in [4.78, 5) is 31.8. The lowest BCUT2D eigenvalue weighted by molar-refractivity contribution is 0.0930. The zero-order chi connectivity index (χ0) is 18.4. The Morgan fingerprint density at radius 2 is 2.12 bits per heavy atom. The van der Waals surface area contributed by atoms with E-state index in [4.69, 9.17) is 0 Å². The Kier molecular flexibility index (Phi) is 6.14. The number of H-pyrrole nitrogens is 1. The first kappa shape index (κ1) is 18.3. The maximum atomic E-state index is 12.3. The first-order chi connectivity index (χ1) is 12.7. The molecule has 0 saturated carbocycles. The molecule has 3 N–H and O–H groups in total. The third-order valence-corrected chi connectivity index (χ3v) is 4.73. The first-order valence-corrected chi connectivity index (χ1v) is 8.92. The number of carbonyl (C=O) groups is 1. The molecule has 0 spiro atoms. The van der Waals surface area contributed by atoms with Gasteiger partial charge in [-0.1, -0.05) is 12.1 Å². The Morgan fingerprint density at radius 3 is 2.81 bits per heavy atom. The Morgan fingerprint density at radius 1 is 1.31 bits per heavy atom. The maximum Gasteiger partial charge on any atom is 0.344 e. The Labute approximate surface area is 152 Å². The van der Waals surface area contributed by atoms with E-state index in [1.807, 2.05) is 12.1 Å². The number of aromatic nitrogens is 2. The zero-order valence-corrected chi connectivity index (χ0v) is 14.6. The van der Waals surface area contributed by atoms with Crippen LogP contribution in [0.15, 0.2) is 41.5 Å². The molecule has 7 nitrogen and oxygen atoms in total. The number of hydrogen-bond acceptors (Lipinski definition) is 5. The van der Waals surface area contributed by atoms with Crippen LogP contribution in [0.5, 0.6) is 0 Å². The fourth-order valence-electron chi connectivity index (χ4n) is 3.25. The molecule has 138 valence electrons. The van der Waals surface area contributed by atoms with E-state index in [1.165, 1.54) is 6.20 Å². The Balaban J connectivity index is 1.50. The summed E-state index contributed by atoms with van der Waals surface area (Å²) >= 11 is 0. The number of amides is 1. The van der Waals surface area contributed by atoms with Crippen molar-refractivity contribution >= 4 is 5.91 Å². The third-order valence-electron chi connectivity index (χ3n) is 4.73. The van der Waals surface area contributed by atoms with Crippen LogP contribution >= 0.6 is 0 Å². The van der Waals surface area contributed by atoms with Gasteiger partial charge in [-0.05, 0) is 43.0 Å². The molecule has 1 aromatic heterocycles. The number of piperidine rings is 1. The van der Waals surface area contributed by atoms with Gasteiger partial charge in [0, 0.05) is 49.8 Å². The lowest BCUT2D eigenvalue weighted by Gasteiger charge is -2.31. The summed E-state index contributed by atoms with van der Waals surface area (Å²) in [6.07, 6.45) is 5.28. The highest BCUT2D eigenvalue weighted by Crippen LogP contribution is 2.17. The number of likely N-dealkylation sites (tertiary alicyclic amines) is 1. The highest BCUT2D eigenvalue weighted by molar-refractivity contribution is 5.94. The van der Waals surface area contributed by atoms with Crippen LogP contribution in [0.3, 0.4) is 0 Å². The van der Waals surface area contributed by atoms with Crippen molar-refractivity contribution in [3.63, 3.8) is 0 Å². The fraction of sp³-hybridized carbons (Fsp3) is 0.421. The van der Waals surface area contributed by atoms with Gasteiger partial charge in [-0.2, -0.15) is 0 Å². The fourth-order valence-corrected chi connectivity index (χ4v) is 3.25. The van der Waals surface area contributed by atoms with Gasteiger partial charge in [0.15, 0.2) is 0 Å². The summed E-state index contributed by atoms with van der Waals surface area (Å²) in [6, 6.07) is 7.19. The van der Waals surface area contributed by atoms with Crippen LogP contribution in [0.2, 0.25) is 0 Å². The summed E-state index contributed by atoms with van der Waals surface area (Å²) < 4.78 is 0. The second-order valence-electron chi connectivity index (χ2n) is 6.63. The molecule has 0 unspecified atom stereocenters. The van der Waals surface area contributed by atoms with Gasteiger partial charge in [-0.15, -0.1) is 0 Å². The summed E-state index contributed by atoms with van der Waals surface area (Å²) in [5.74, 6) is 0.251. The molecule has 1 aromatic carbocycles. The number of aliphatic hydroxyl groups excluding tert-OH is 1. The van der Waals surface area contributed by atoms with Gasteiger partial charge in [-0.3, -0.25) is 4.79 Å². The van der Waals surface area contributed by atoms with Crippen molar-refractivity contribution in [3.05, 3.63) is 52.7 Å². The molecular formula is C19H24N4O3. The molecule has 2 aromatic rings. The largest absolute Gasteiger partial charge is 0.396 e. The van der Waals surface area contributed by atoms with Crippen LogP contribution in [0.1, 0.15) is 23.2 Å². The lowest BCUT2D eigenvalue weighted by Crippen LogP contribution is -2.41. The summed E-state index contributed by atoms with van der Waals surface area (Å²) in [5.41, 5.74) is 1.88. The van der Waals surface area contributed by atoms with Gasteiger partial charge >= 0.3 is 5.69 Å². The second kappa shape index (κ2) is 8.73. The molecule has 26 heavy (non-hydrogen) atoms. The van der Waals surface area contributed by atoms with Gasteiger partial charge < -0.3 is 20.3 Å². The molecule has 1 aliphatic rings. The molecule has 1 aliphatic heterocycles. The zero-order valence-electron chi connectivity index (χ0n) is 14.6. The van der Waals surface area contributed by atoms with Gasteiger partial charge in [-0.25, -0.2) is 9.78 Å². The number of carbonyl (C=O) groups excluding carboxylic acids is 1. The molecule has 1 amide bonds. The van der Waals surface area contributed by atoms with Gasteiger partial charge in [0.2, 0.25) is 0 Å². The number of rotatable bonds is 6. The van der Waals surface area contributed by atoms with Crippen LogP contribution in [-0.2, 0) is 0 Å². The number of nitrogens with one attached hydrogen (secondary N) is 2. The molecule has 1 saturated heterocycles. The Bertz CT molecular complexity index is 768. The number of nitrogens with zero attached hydrogens (tertiary/aromatic N) is 2. The predicted molar refractivity (Wildman–Crippen MR) is 98.9 cm³/mol. The van der Waals surface area contributed by atoms with E-state index in [9.17, 15) is 14.7 Å². The molecule has 1 atom stereocenters. The van der Waals surface area contributed by atoms with Crippen molar-refractivity contribution in [2.75, 3.05) is 32.8 Å². The average Bonchev–Trinajstić information content (AvgIpc) is 2.69. The highest BCUT2D eigenvalue weighted by atomic mass is 16.3. The van der Waals surface area contributed by atoms with Gasteiger partial charge in [0.05, 0.1) is 0 Å². The molecule has 2 heterocycles. The van der Waals surface area contributed by atoms with E-state index in [0.29, 0.717) is 18.0 Å². The molecular weight excluding hydrogens is 332 g/mol. The van der Waals surface area contributed by atoms with Crippen LogP contribution in [-0.4, -0.2) is 58.7 Å². The van der Waals surface area contributed by atoms with Crippen LogP contribution in [0.25, 0.3) is 11.1 Å². The normalized spacial score (nSPS) is 17.8. The standard InChI is InChI=1S/C19H24N4O3/c24-13-14-2-1-8-23(12-14)9-7-20-18(25)16-5-3-15(4-6-16)17-10-21-19(26)22-11-17/h3-6,10-11,14,24H,1-2,7-9,12-13H2,(H,20,25)(H,21,22,26)/t14-/m0/s1. The second-order valence-corrected chi connectivity index (χ2v) is 6.63. The third kappa shape index (κ3) is 4.77. The minimum atomic E-state index is -0.385. The first-order valence-electron chi connectivity index (χ1n) is 8.92. The predicted octanol–water partition coefficient (Wildman–Crippen LogP) is 0.871. The SMILES string of the molecule is O=C(NCCN1CCC[C@H](CO)C1)c1ccc(-c2cnc(=O)[nH]c2)cc1. The van der Waals surface area contributed by atoms with Crippen molar-refractivity contribution in [2.24, 2.45) is 5.92 Å². The Hall–Kier alpha value is -2.51. The van der Waals surface area contributed by atoms with Crippen LogP contribution < -0.4 is 11.0 Å². The molecule has 3 rings (SSSR count). The van der Waals surface area contributed by atoms with Crippen molar-refractivity contribution < 1.29 is 9.90 Å². The smallest absolute Gasteiger partial charge is 0.344 e. The number of aromatic amines is 1. The van der Waals surface area contributed by atoms with E-state index >= 15 is 0 Å². The topological polar surface area (TPSA) is 98.3 Å². The maximum absolute atomic E-state index is 12.3. The summed E-state index contributed by atoms with van der Waals surface area (Å²) in [6.45, 7) is 3.54. The minimum Gasteiger partial charge on any atom is -0.396 e. The van der Waals surface area contributed by atoms with Gasteiger partial charge in [0.1, 0.15) is 0 Å². The van der Waals surface area contributed by atoms with Crippen molar-refractivity contribution in [1.29, 1.82) is 0 Å². The molecule has 7 heteroatoms. The lowest BCUT2D eigenvalue weighted by atomic mass is 9.99. The molecule has 0 bridgehead atoms. The number of aliphatic hydroxyl groups is 1. The van der Waals surface area contributed by atoms with E-state index in [1.54, 1.807) is 18.3 Å². The minimum absolute atomic E-state index is 0.105. The summed E-state index contributed by atoms with van der Waals surface area (Å²) in [7, 11) is 0. The highest BCUT2D eigenvalue weighted by Gasteiger charge is 2.18. The van der Waals surface area contributed by atoms with E-state index in [2.05, 4.69) is 20.2 Å². The summed E-state index contributed by atoms with van der Waals surface area (Å²) in [5, 5.41) is 12.2. The quantitative estimate of drug-likeness (QED) is 0.713. The monoisotopic (exact) mass is 356 g/mol. The molecule has 0 aliphatic carbocycles. The van der Waals surface area contributed by atoms with Crippen molar-refractivity contribution in [2.45, 2.75) is 12.8 Å².